The SMILES string of the molecule is NC(CO)(CO)CCc1ccc(CCCn2cc(C(=O)C(F)(F)F)c3ccccc32)cc1. The van der Waals surface area contributed by atoms with Gasteiger partial charge in [0.2, 0.25) is 0 Å². The predicted molar refractivity (Wildman–Crippen MR) is 116 cm³/mol. The normalized spacial score (nSPS) is 12.4. The number of ketones is 1. The van der Waals surface area contributed by atoms with Gasteiger partial charge in [0.15, 0.2) is 0 Å². The van der Waals surface area contributed by atoms with Gasteiger partial charge in [-0.3, -0.25) is 4.79 Å². The summed E-state index contributed by atoms with van der Waals surface area (Å²) in [4.78, 5) is 11.8. The van der Waals surface area contributed by atoms with E-state index in [-0.39, 0.29) is 18.8 Å². The van der Waals surface area contributed by atoms with Crippen molar-refractivity contribution < 1.29 is 28.2 Å². The number of hydrogen-bond donors (Lipinski definition) is 3. The van der Waals surface area contributed by atoms with Gasteiger partial charge in [0, 0.05) is 23.6 Å². The Bertz CT molecular complexity index is 1050. The number of para-hydroxylation sites is 1. The lowest BCUT2D eigenvalue weighted by Crippen LogP contribution is -2.47. The fraction of sp³-hybridized carbons (Fsp3) is 0.375. The van der Waals surface area contributed by atoms with Crippen LogP contribution in [0.25, 0.3) is 10.9 Å². The van der Waals surface area contributed by atoms with Crippen molar-refractivity contribution in [3.05, 3.63) is 71.4 Å². The fourth-order valence-corrected chi connectivity index (χ4v) is 3.69. The third-order valence-electron chi connectivity index (χ3n) is 5.72. The van der Waals surface area contributed by atoms with Crippen LogP contribution >= 0.6 is 0 Å². The van der Waals surface area contributed by atoms with E-state index in [2.05, 4.69) is 0 Å². The van der Waals surface area contributed by atoms with Gasteiger partial charge in [0.25, 0.3) is 5.78 Å². The van der Waals surface area contributed by atoms with Gasteiger partial charge < -0.3 is 20.5 Å². The highest BCUT2D eigenvalue weighted by Gasteiger charge is 2.40. The minimum absolute atomic E-state index is 0.286. The summed E-state index contributed by atoms with van der Waals surface area (Å²) in [6, 6.07) is 14.5. The van der Waals surface area contributed by atoms with Gasteiger partial charge in [0.1, 0.15) is 0 Å². The number of aliphatic hydroxyl groups excluding tert-OH is 2. The molecule has 32 heavy (non-hydrogen) atoms. The van der Waals surface area contributed by atoms with Crippen LogP contribution in [0.5, 0.6) is 0 Å². The van der Waals surface area contributed by atoms with Crippen LogP contribution in [0.2, 0.25) is 0 Å². The molecule has 0 aliphatic rings. The first-order chi connectivity index (χ1) is 15.2. The summed E-state index contributed by atoms with van der Waals surface area (Å²) in [6.45, 7) is -0.0893. The summed E-state index contributed by atoms with van der Waals surface area (Å²) in [5, 5.41) is 18.9. The van der Waals surface area contributed by atoms with Crippen molar-refractivity contribution in [2.24, 2.45) is 5.73 Å². The maximum atomic E-state index is 12.9. The molecule has 0 radical (unpaired) electrons. The third kappa shape index (κ3) is 5.56. The lowest BCUT2D eigenvalue weighted by molar-refractivity contribution is -0.0884. The Balaban J connectivity index is 1.63. The molecule has 172 valence electrons. The van der Waals surface area contributed by atoms with Crippen molar-refractivity contribution >= 4 is 16.7 Å². The molecule has 1 heterocycles. The van der Waals surface area contributed by atoms with Gasteiger partial charge >= 0.3 is 6.18 Å². The smallest absolute Gasteiger partial charge is 0.394 e. The average molecular weight is 448 g/mol. The first kappa shape index (κ1) is 24.0. The number of aromatic nitrogens is 1. The summed E-state index contributed by atoms with van der Waals surface area (Å²) in [7, 11) is 0. The Labute approximate surface area is 184 Å². The summed E-state index contributed by atoms with van der Waals surface area (Å²) in [5.41, 5.74) is 7.31. The Hall–Kier alpha value is -2.68. The molecule has 0 saturated heterocycles. The lowest BCUT2D eigenvalue weighted by atomic mass is 9.93. The first-order valence-corrected chi connectivity index (χ1v) is 10.4. The highest BCUT2D eigenvalue weighted by molar-refractivity contribution is 6.10. The van der Waals surface area contributed by atoms with Crippen LogP contribution in [-0.4, -0.2) is 45.5 Å². The first-order valence-electron chi connectivity index (χ1n) is 10.4. The molecule has 3 aromatic rings. The van der Waals surface area contributed by atoms with Gasteiger partial charge in [0.05, 0.1) is 24.3 Å². The largest absolute Gasteiger partial charge is 0.454 e. The summed E-state index contributed by atoms with van der Waals surface area (Å²) < 4.78 is 40.5. The second-order valence-corrected chi connectivity index (χ2v) is 8.18. The van der Waals surface area contributed by atoms with Gasteiger partial charge in [-0.1, -0.05) is 42.5 Å². The molecule has 0 aliphatic heterocycles. The van der Waals surface area contributed by atoms with Gasteiger partial charge in [-0.05, 0) is 42.9 Å². The highest BCUT2D eigenvalue weighted by atomic mass is 19.4. The summed E-state index contributed by atoms with van der Waals surface area (Å²) in [5.74, 6) is -1.83. The van der Waals surface area contributed by atoms with Crippen LogP contribution < -0.4 is 5.73 Å². The van der Waals surface area contributed by atoms with Crippen LogP contribution in [-0.2, 0) is 19.4 Å². The number of benzene rings is 2. The minimum atomic E-state index is -4.91. The average Bonchev–Trinajstić information content (AvgIpc) is 3.15. The lowest BCUT2D eigenvalue weighted by Gasteiger charge is -2.24. The van der Waals surface area contributed by atoms with E-state index in [4.69, 9.17) is 5.73 Å². The zero-order valence-corrected chi connectivity index (χ0v) is 17.6. The standard InChI is InChI=1S/C24H27F3N2O3/c25-24(26,27)22(32)20-14-29(21-6-2-1-5-19(20)21)13-3-4-17-7-9-18(10-8-17)11-12-23(28,15-30)16-31/h1-2,5-10,14,30-31H,3-4,11-13,15-16,28H2. The molecule has 2 aromatic carbocycles. The molecule has 0 aliphatic carbocycles. The molecule has 0 unspecified atom stereocenters. The topological polar surface area (TPSA) is 88.5 Å². The molecule has 0 fully saturated rings. The third-order valence-corrected chi connectivity index (χ3v) is 5.72. The van der Waals surface area contributed by atoms with E-state index in [1.807, 2.05) is 24.3 Å². The molecular weight excluding hydrogens is 421 g/mol. The number of Topliss-reactive ketones (excluding diaryl/α,β-unsaturated/α-hetero) is 1. The van der Waals surface area contributed by atoms with Crippen LogP contribution in [0, 0.1) is 0 Å². The second-order valence-electron chi connectivity index (χ2n) is 8.18. The number of halogens is 3. The van der Waals surface area contributed by atoms with Crippen LogP contribution in [0.4, 0.5) is 13.2 Å². The van der Waals surface area contributed by atoms with E-state index in [9.17, 15) is 28.2 Å². The number of aliphatic hydroxyl groups is 2. The van der Waals surface area contributed by atoms with E-state index in [1.165, 1.54) is 12.3 Å². The van der Waals surface area contributed by atoms with E-state index in [1.54, 1.807) is 22.8 Å². The van der Waals surface area contributed by atoms with Crippen LogP contribution in [0.1, 0.15) is 34.3 Å². The number of fused-ring (bicyclic) bond motifs is 1. The molecule has 3 rings (SSSR count). The molecule has 0 amide bonds. The van der Waals surface area contributed by atoms with Crippen molar-refractivity contribution in [2.75, 3.05) is 13.2 Å². The van der Waals surface area contributed by atoms with Gasteiger partial charge in [-0.25, -0.2) is 0 Å². The fourth-order valence-electron chi connectivity index (χ4n) is 3.69. The van der Waals surface area contributed by atoms with Crippen LogP contribution in [0.3, 0.4) is 0 Å². The number of aryl methyl sites for hydroxylation is 3. The number of alkyl halides is 3. The Morgan fingerprint density at radius 1 is 0.938 bits per heavy atom. The molecule has 0 bridgehead atoms. The van der Waals surface area contributed by atoms with Crippen molar-refractivity contribution in [2.45, 2.75) is 43.9 Å². The van der Waals surface area contributed by atoms with Crippen molar-refractivity contribution in [1.29, 1.82) is 0 Å². The molecule has 8 heteroatoms. The quantitative estimate of drug-likeness (QED) is 0.413. The number of carbonyl (C=O) groups is 1. The van der Waals surface area contributed by atoms with Crippen molar-refractivity contribution in [3.63, 3.8) is 0 Å². The van der Waals surface area contributed by atoms with Crippen LogP contribution in [0.15, 0.2) is 54.7 Å². The minimum Gasteiger partial charge on any atom is -0.394 e. The van der Waals surface area contributed by atoms with Gasteiger partial charge in [-0.2, -0.15) is 13.2 Å². The zero-order valence-electron chi connectivity index (χ0n) is 17.6. The highest BCUT2D eigenvalue weighted by Crippen LogP contribution is 2.28. The number of hydrogen-bond acceptors (Lipinski definition) is 4. The van der Waals surface area contributed by atoms with Crippen molar-refractivity contribution in [3.8, 4) is 0 Å². The van der Waals surface area contributed by atoms with E-state index in [0.29, 0.717) is 36.7 Å². The predicted octanol–water partition coefficient (Wildman–Crippen LogP) is 3.63. The molecule has 4 N–H and O–H groups in total. The molecule has 0 atom stereocenters. The maximum Gasteiger partial charge on any atom is 0.454 e. The second kappa shape index (κ2) is 9.85. The van der Waals surface area contributed by atoms with Gasteiger partial charge in [-0.15, -0.1) is 0 Å². The number of nitrogens with zero attached hydrogens (tertiary/aromatic N) is 1. The van der Waals surface area contributed by atoms with E-state index >= 15 is 0 Å². The van der Waals surface area contributed by atoms with Crippen molar-refractivity contribution in [1.82, 2.24) is 4.57 Å². The number of rotatable bonds is 10. The maximum absolute atomic E-state index is 12.9. The summed E-state index contributed by atoms with van der Waals surface area (Å²) in [6.07, 6.45) is -1.11. The van der Waals surface area contributed by atoms with E-state index < -0.39 is 17.5 Å². The Morgan fingerprint density at radius 2 is 1.53 bits per heavy atom. The molecule has 0 saturated carbocycles. The number of nitrogens with two attached hydrogens (primary N) is 1. The molecule has 1 aromatic heterocycles. The Morgan fingerprint density at radius 3 is 2.12 bits per heavy atom. The summed E-state index contributed by atoms with van der Waals surface area (Å²) >= 11 is 0. The Kier molecular flexibility index (Phi) is 7.38. The zero-order chi connectivity index (χ0) is 23.4. The molecule has 5 nitrogen and oxygen atoms in total. The molecular formula is C24H27F3N2O3. The monoisotopic (exact) mass is 448 g/mol. The van der Waals surface area contributed by atoms with E-state index in [0.717, 1.165) is 17.5 Å². The number of carbonyl (C=O) groups excluding carboxylic acids is 1. The molecule has 0 spiro atoms.